The Bertz CT molecular complexity index is 855. The summed E-state index contributed by atoms with van der Waals surface area (Å²) in [6.07, 6.45) is 1.76. The van der Waals surface area contributed by atoms with Gasteiger partial charge in [-0.05, 0) is 56.2 Å². The van der Waals surface area contributed by atoms with Gasteiger partial charge >= 0.3 is 0 Å². The second-order valence-electron chi connectivity index (χ2n) is 6.97. The Labute approximate surface area is 167 Å². The fraction of sp³-hybridized carbons (Fsp3) is 0.381. The Morgan fingerprint density at radius 3 is 2.36 bits per heavy atom. The van der Waals surface area contributed by atoms with E-state index in [1.54, 1.807) is 4.90 Å². The zero-order chi connectivity index (χ0) is 20.1. The molecule has 28 heavy (non-hydrogen) atoms. The summed E-state index contributed by atoms with van der Waals surface area (Å²) in [5.74, 6) is -0.629. The van der Waals surface area contributed by atoms with E-state index in [0.29, 0.717) is 36.4 Å². The maximum absolute atomic E-state index is 12.9. The predicted molar refractivity (Wildman–Crippen MR) is 106 cm³/mol. The number of hydrogen-bond donors (Lipinski definition) is 1. The molecule has 1 aromatic heterocycles. The standard InChI is InChI=1S/C21H23FN2O3S/c1-14-2-8-19(28-14)18(25)7-9-20(26)24-12-10-17(11-13-24)23-21(27)15-3-5-16(22)6-4-15/h2-6,8,17H,7,9-13H2,1H3,(H,23,27). The molecule has 0 spiro atoms. The van der Waals surface area contributed by atoms with Gasteiger partial charge in [0, 0.05) is 42.4 Å². The van der Waals surface area contributed by atoms with Crippen molar-refractivity contribution in [3.63, 3.8) is 0 Å². The van der Waals surface area contributed by atoms with Gasteiger partial charge in [0.05, 0.1) is 4.88 Å². The summed E-state index contributed by atoms with van der Waals surface area (Å²) >= 11 is 1.45. The van der Waals surface area contributed by atoms with Crippen molar-refractivity contribution in [1.82, 2.24) is 10.2 Å². The van der Waals surface area contributed by atoms with Gasteiger partial charge in [0.1, 0.15) is 5.82 Å². The number of nitrogens with one attached hydrogen (secondary N) is 1. The summed E-state index contributed by atoms with van der Waals surface area (Å²) < 4.78 is 12.9. The molecule has 2 amide bonds. The fourth-order valence-electron chi connectivity index (χ4n) is 3.23. The minimum absolute atomic E-state index is 0.00731. The van der Waals surface area contributed by atoms with Gasteiger partial charge in [-0.15, -0.1) is 11.3 Å². The van der Waals surface area contributed by atoms with Gasteiger partial charge in [0.15, 0.2) is 5.78 Å². The lowest BCUT2D eigenvalue weighted by molar-refractivity contribution is -0.132. The lowest BCUT2D eigenvalue weighted by Gasteiger charge is -2.32. The van der Waals surface area contributed by atoms with Gasteiger partial charge in [0.2, 0.25) is 5.91 Å². The van der Waals surface area contributed by atoms with Crippen molar-refractivity contribution in [3.8, 4) is 0 Å². The number of benzene rings is 1. The van der Waals surface area contributed by atoms with Gasteiger partial charge in [0.25, 0.3) is 5.91 Å². The zero-order valence-corrected chi connectivity index (χ0v) is 16.6. The molecule has 1 aliphatic heterocycles. The van der Waals surface area contributed by atoms with Crippen LogP contribution in [0.4, 0.5) is 4.39 Å². The molecule has 1 aromatic carbocycles. The molecule has 0 unspecified atom stereocenters. The number of likely N-dealkylation sites (tertiary alicyclic amines) is 1. The fourth-order valence-corrected chi connectivity index (χ4v) is 4.06. The number of halogens is 1. The molecule has 0 atom stereocenters. The molecule has 0 aliphatic carbocycles. The Morgan fingerprint density at radius 2 is 1.75 bits per heavy atom. The van der Waals surface area contributed by atoms with E-state index in [-0.39, 0.29) is 42.3 Å². The van der Waals surface area contributed by atoms with Crippen LogP contribution in [0.25, 0.3) is 0 Å². The molecule has 5 nitrogen and oxygen atoms in total. The van der Waals surface area contributed by atoms with Crippen LogP contribution < -0.4 is 5.32 Å². The molecular formula is C21H23FN2O3S. The van der Waals surface area contributed by atoms with Crippen molar-refractivity contribution in [2.45, 2.75) is 38.6 Å². The molecule has 1 saturated heterocycles. The van der Waals surface area contributed by atoms with Gasteiger partial charge in [-0.25, -0.2) is 4.39 Å². The van der Waals surface area contributed by atoms with Crippen LogP contribution in [0, 0.1) is 12.7 Å². The molecule has 0 bridgehead atoms. The molecule has 3 rings (SSSR count). The number of rotatable bonds is 6. The number of ketones is 1. The topological polar surface area (TPSA) is 66.5 Å². The second kappa shape index (κ2) is 9.10. The predicted octanol–water partition coefficient (Wildman–Crippen LogP) is 3.58. The smallest absolute Gasteiger partial charge is 0.251 e. The number of hydrogen-bond acceptors (Lipinski definition) is 4. The van der Waals surface area contributed by atoms with E-state index in [4.69, 9.17) is 0 Å². The number of nitrogens with zero attached hydrogens (tertiary/aromatic N) is 1. The number of carbonyl (C=O) groups excluding carboxylic acids is 3. The molecule has 1 fully saturated rings. The van der Waals surface area contributed by atoms with Crippen LogP contribution in [0.1, 0.15) is 50.6 Å². The van der Waals surface area contributed by atoms with E-state index in [9.17, 15) is 18.8 Å². The average molecular weight is 402 g/mol. The van der Waals surface area contributed by atoms with Crippen LogP contribution in [0.5, 0.6) is 0 Å². The van der Waals surface area contributed by atoms with Crippen molar-refractivity contribution in [3.05, 3.63) is 57.5 Å². The van der Waals surface area contributed by atoms with Crippen LogP contribution in [-0.4, -0.2) is 41.6 Å². The van der Waals surface area contributed by atoms with E-state index in [0.717, 1.165) is 4.88 Å². The number of carbonyl (C=O) groups is 3. The Kier molecular flexibility index (Phi) is 6.57. The van der Waals surface area contributed by atoms with Crippen LogP contribution in [0.3, 0.4) is 0 Å². The summed E-state index contributed by atoms with van der Waals surface area (Å²) in [7, 11) is 0. The van der Waals surface area contributed by atoms with Gasteiger partial charge in [-0.1, -0.05) is 0 Å². The van der Waals surface area contributed by atoms with Crippen molar-refractivity contribution in [1.29, 1.82) is 0 Å². The average Bonchev–Trinajstić information content (AvgIpc) is 3.13. The van der Waals surface area contributed by atoms with E-state index in [2.05, 4.69) is 5.32 Å². The highest BCUT2D eigenvalue weighted by Crippen LogP contribution is 2.19. The normalized spacial score (nSPS) is 14.7. The number of Topliss-reactive ketones (excluding diaryl/α,β-unsaturated/α-hetero) is 1. The van der Waals surface area contributed by atoms with Crippen LogP contribution in [0.15, 0.2) is 36.4 Å². The van der Waals surface area contributed by atoms with E-state index >= 15 is 0 Å². The Balaban J connectivity index is 1.41. The van der Waals surface area contributed by atoms with E-state index < -0.39 is 0 Å². The highest BCUT2D eigenvalue weighted by Gasteiger charge is 2.24. The summed E-state index contributed by atoms with van der Waals surface area (Å²) in [5, 5.41) is 2.94. The SMILES string of the molecule is Cc1ccc(C(=O)CCC(=O)N2CCC(NC(=O)c3ccc(F)cc3)CC2)s1. The summed E-state index contributed by atoms with van der Waals surface area (Å²) in [5.41, 5.74) is 0.419. The molecule has 2 heterocycles. The first-order chi connectivity index (χ1) is 13.4. The zero-order valence-electron chi connectivity index (χ0n) is 15.7. The highest BCUT2D eigenvalue weighted by atomic mass is 32.1. The largest absolute Gasteiger partial charge is 0.349 e. The minimum atomic E-state index is -0.379. The van der Waals surface area contributed by atoms with E-state index in [1.165, 1.54) is 35.6 Å². The second-order valence-corrected chi connectivity index (χ2v) is 8.26. The van der Waals surface area contributed by atoms with Crippen LogP contribution in [-0.2, 0) is 4.79 Å². The Hall–Kier alpha value is -2.54. The number of piperidine rings is 1. The number of thiophene rings is 1. The summed E-state index contributed by atoms with van der Waals surface area (Å²) in [4.78, 5) is 40.3. The van der Waals surface area contributed by atoms with Crippen molar-refractivity contribution in [2.24, 2.45) is 0 Å². The third-order valence-corrected chi connectivity index (χ3v) is 5.91. The summed E-state index contributed by atoms with van der Waals surface area (Å²) in [6.45, 7) is 3.06. The van der Waals surface area contributed by atoms with Crippen molar-refractivity contribution < 1.29 is 18.8 Å². The maximum Gasteiger partial charge on any atom is 0.251 e. The third kappa shape index (κ3) is 5.25. The summed E-state index contributed by atoms with van der Waals surface area (Å²) in [6, 6.07) is 9.12. The van der Waals surface area contributed by atoms with E-state index in [1.807, 2.05) is 19.1 Å². The number of amides is 2. The highest BCUT2D eigenvalue weighted by molar-refractivity contribution is 7.14. The van der Waals surface area contributed by atoms with Gasteiger partial charge < -0.3 is 10.2 Å². The third-order valence-electron chi connectivity index (χ3n) is 4.87. The lowest BCUT2D eigenvalue weighted by Crippen LogP contribution is -2.46. The molecular weight excluding hydrogens is 379 g/mol. The first-order valence-corrected chi connectivity index (χ1v) is 10.2. The molecule has 1 N–H and O–H groups in total. The molecule has 148 valence electrons. The minimum Gasteiger partial charge on any atom is -0.349 e. The molecule has 0 radical (unpaired) electrons. The first-order valence-electron chi connectivity index (χ1n) is 9.36. The van der Waals surface area contributed by atoms with Crippen molar-refractivity contribution >= 4 is 28.9 Å². The molecule has 2 aromatic rings. The Morgan fingerprint density at radius 1 is 1.07 bits per heavy atom. The van der Waals surface area contributed by atoms with Gasteiger partial charge in [-0.3, -0.25) is 14.4 Å². The molecule has 1 aliphatic rings. The molecule has 0 saturated carbocycles. The quantitative estimate of drug-likeness (QED) is 0.751. The van der Waals surface area contributed by atoms with Crippen LogP contribution >= 0.6 is 11.3 Å². The number of aryl methyl sites for hydroxylation is 1. The maximum atomic E-state index is 12.9. The lowest BCUT2D eigenvalue weighted by atomic mass is 10.0. The first kappa shape index (κ1) is 20.2. The molecule has 7 heteroatoms. The monoisotopic (exact) mass is 402 g/mol. The van der Waals surface area contributed by atoms with Gasteiger partial charge in [-0.2, -0.15) is 0 Å². The van der Waals surface area contributed by atoms with Crippen molar-refractivity contribution in [2.75, 3.05) is 13.1 Å². The van der Waals surface area contributed by atoms with Crippen LogP contribution in [0.2, 0.25) is 0 Å².